The first kappa shape index (κ1) is 10.8. The van der Waals surface area contributed by atoms with E-state index in [4.69, 9.17) is 11.1 Å². The molecular formula is C11H19N3. The highest BCUT2D eigenvalue weighted by Crippen LogP contribution is 2.16. The number of nitrogen functional groups attached to an aromatic ring is 1. The van der Waals surface area contributed by atoms with Gasteiger partial charge in [0, 0.05) is 17.5 Å². The average Bonchev–Trinajstić information content (AvgIpc) is 2.48. The predicted molar refractivity (Wildman–Crippen MR) is 59.8 cm³/mol. The van der Waals surface area contributed by atoms with Gasteiger partial charge in [0.15, 0.2) is 0 Å². The second kappa shape index (κ2) is 4.84. The third kappa shape index (κ3) is 2.37. The molecule has 1 rings (SSSR count). The molecule has 0 aliphatic carbocycles. The summed E-state index contributed by atoms with van der Waals surface area (Å²) in [5.41, 5.74) is 8.73. The Morgan fingerprint density at radius 2 is 2.21 bits per heavy atom. The van der Waals surface area contributed by atoms with Crippen LogP contribution < -0.4 is 5.73 Å². The fraction of sp³-hybridized carbons (Fsp3) is 0.545. The van der Waals surface area contributed by atoms with Crippen LogP contribution in [0.1, 0.15) is 43.0 Å². The van der Waals surface area contributed by atoms with Gasteiger partial charge in [0.1, 0.15) is 5.84 Å². The molecule has 3 heteroatoms. The van der Waals surface area contributed by atoms with E-state index in [1.54, 1.807) is 0 Å². The number of hydrogen-bond donors (Lipinski definition) is 3. The number of nitrogens with two attached hydrogens (primary N) is 1. The summed E-state index contributed by atoms with van der Waals surface area (Å²) in [5, 5.41) is 7.43. The molecule has 78 valence electrons. The van der Waals surface area contributed by atoms with Crippen LogP contribution in [0.15, 0.2) is 6.20 Å². The lowest BCUT2D eigenvalue weighted by atomic mass is 10.0. The monoisotopic (exact) mass is 193 g/mol. The van der Waals surface area contributed by atoms with Crippen LogP contribution in [0, 0.1) is 12.3 Å². The number of amidine groups is 1. The molecule has 0 aliphatic heterocycles. The third-order valence-corrected chi connectivity index (χ3v) is 2.53. The SMILES string of the molecule is CCCCCc1c(C(=N)N)c[nH]c1C. The summed E-state index contributed by atoms with van der Waals surface area (Å²) in [6, 6.07) is 0. The highest BCUT2D eigenvalue weighted by atomic mass is 14.8. The first-order chi connectivity index (χ1) is 6.66. The summed E-state index contributed by atoms with van der Waals surface area (Å²) in [6.07, 6.45) is 6.49. The van der Waals surface area contributed by atoms with E-state index in [9.17, 15) is 0 Å². The second-order valence-electron chi connectivity index (χ2n) is 3.68. The lowest BCUT2D eigenvalue weighted by Gasteiger charge is -2.03. The van der Waals surface area contributed by atoms with Crippen molar-refractivity contribution in [3.63, 3.8) is 0 Å². The van der Waals surface area contributed by atoms with Gasteiger partial charge in [-0.25, -0.2) is 0 Å². The summed E-state index contributed by atoms with van der Waals surface area (Å²) in [5.74, 6) is 0.167. The van der Waals surface area contributed by atoms with Crippen molar-refractivity contribution >= 4 is 5.84 Å². The zero-order valence-electron chi connectivity index (χ0n) is 8.98. The normalized spacial score (nSPS) is 10.4. The molecule has 0 saturated carbocycles. The number of unbranched alkanes of at least 4 members (excludes halogenated alkanes) is 2. The van der Waals surface area contributed by atoms with E-state index in [2.05, 4.69) is 11.9 Å². The van der Waals surface area contributed by atoms with E-state index < -0.39 is 0 Å². The Morgan fingerprint density at radius 1 is 1.50 bits per heavy atom. The largest absolute Gasteiger partial charge is 0.384 e. The van der Waals surface area contributed by atoms with E-state index in [0.717, 1.165) is 17.7 Å². The van der Waals surface area contributed by atoms with Crippen molar-refractivity contribution in [1.82, 2.24) is 4.98 Å². The van der Waals surface area contributed by atoms with E-state index in [1.165, 1.54) is 24.8 Å². The van der Waals surface area contributed by atoms with Crippen molar-refractivity contribution in [1.29, 1.82) is 5.41 Å². The van der Waals surface area contributed by atoms with Crippen LogP contribution in [-0.4, -0.2) is 10.8 Å². The quantitative estimate of drug-likeness (QED) is 0.375. The molecule has 4 N–H and O–H groups in total. The van der Waals surface area contributed by atoms with Gasteiger partial charge in [-0.05, 0) is 25.3 Å². The van der Waals surface area contributed by atoms with Crippen molar-refractivity contribution < 1.29 is 0 Å². The Kier molecular flexibility index (Phi) is 3.74. The molecule has 0 amide bonds. The minimum atomic E-state index is 0.167. The van der Waals surface area contributed by atoms with Gasteiger partial charge in [-0.2, -0.15) is 0 Å². The topological polar surface area (TPSA) is 65.7 Å². The van der Waals surface area contributed by atoms with Gasteiger partial charge in [0.05, 0.1) is 0 Å². The molecule has 0 atom stereocenters. The van der Waals surface area contributed by atoms with Gasteiger partial charge >= 0.3 is 0 Å². The van der Waals surface area contributed by atoms with Gasteiger partial charge < -0.3 is 10.7 Å². The smallest absolute Gasteiger partial charge is 0.124 e. The lowest BCUT2D eigenvalue weighted by Crippen LogP contribution is -2.12. The van der Waals surface area contributed by atoms with E-state index in [-0.39, 0.29) is 5.84 Å². The fourth-order valence-corrected chi connectivity index (χ4v) is 1.67. The summed E-state index contributed by atoms with van der Waals surface area (Å²) < 4.78 is 0. The number of hydrogen-bond acceptors (Lipinski definition) is 1. The van der Waals surface area contributed by atoms with Gasteiger partial charge in [-0.15, -0.1) is 0 Å². The summed E-state index contributed by atoms with van der Waals surface area (Å²) in [7, 11) is 0. The Hall–Kier alpha value is -1.25. The summed E-state index contributed by atoms with van der Waals surface area (Å²) in [6.45, 7) is 4.23. The van der Waals surface area contributed by atoms with Gasteiger partial charge in [-0.1, -0.05) is 19.8 Å². The molecule has 0 fully saturated rings. The molecule has 0 aliphatic rings. The molecule has 3 nitrogen and oxygen atoms in total. The molecule has 0 radical (unpaired) electrons. The van der Waals surface area contributed by atoms with Crippen LogP contribution in [-0.2, 0) is 6.42 Å². The van der Waals surface area contributed by atoms with Crippen LogP contribution in [0.4, 0.5) is 0 Å². The molecule has 0 saturated heterocycles. The zero-order valence-corrected chi connectivity index (χ0v) is 8.98. The molecule has 1 heterocycles. The van der Waals surface area contributed by atoms with Crippen LogP contribution in [0.5, 0.6) is 0 Å². The van der Waals surface area contributed by atoms with E-state index >= 15 is 0 Å². The highest BCUT2D eigenvalue weighted by molar-refractivity contribution is 5.96. The van der Waals surface area contributed by atoms with Gasteiger partial charge in [0.2, 0.25) is 0 Å². The third-order valence-electron chi connectivity index (χ3n) is 2.53. The first-order valence-corrected chi connectivity index (χ1v) is 5.18. The van der Waals surface area contributed by atoms with Crippen LogP contribution >= 0.6 is 0 Å². The van der Waals surface area contributed by atoms with E-state index in [0.29, 0.717) is 0 Å². The molecule has 1 aromatic rings. The standard InChI is InChI=1S/C11H19N3/c1-3-4-5-6-9-8(2)14-7-10(9)11(12)13/h7,14H,3-6H2,1-2H3,(H3,12,13). The number of H-pyrrole nitrogens is 1. The fourth-order valence-electron chi connectivity index (χ4n) is 1.67. The maximum Gasteiger partial charge on any atom is 0.124 e. The Morgan fingerprint density at radius 3 is 2.79 bits per heavy atom. The van der Waals surface area contributed by atoms with E-state index in [1.807, 2.05) is 13.1 Å². The maximum atomic E-state index is 7.43. The Balaban J connectivity index is 2.72. The Labute approximate surface area is 85.2 Å². The summed E-state index contributed by atoms with van der Waals surface area (Å²) in [4.78, 5) is 3.12. The first-order valence-electron chi connectivity index (χ1n) is 5.18. The predicted octanol–water partition coefficient (Wildman–Crippen LogP) is 2.34. The number of rotatable bonds is 5. The van der Waals surface area contributed by atoms with Crippen molar-refractivity contribution in [2.75, 3.05) is 0 Å². The van der Waals surface area contributed by atoms with Gasteiger partial charge in [-0.3, -0.25) is 5.41 Å². The highest BCUT2D eigenvalue weighted by Gasteiger charge is 2.09. The van der Waals surface area contributed by atoms with Crippen LogP contribution in [0.3, 0.4) is 0 Å². The zero-order chi connectivity index (χ0) is 10.6. The average molecular weight is 193 g/mol. The Bertz CT molecular complexity index is 312. The number of aromatic nitrogens is 1. The molecule has 0 spiro atoms. The molecule has 0 aromatic carbocycles. The minimum Gasteiger partial charge on any atom is -0.384 e. The number of nitrogens with one attached hydrogen (secondary N) is 2. The lowest BCUT2D eigenvalue weighted by molar-refractivity contribution is 0.715. The molecule has 1 aromatic heterocycles. The molecule has 0 bridgehead atoms. The van der Waals surface area contributed by atoms with Crippen molar-refractivity contribution in [3.8, 4) is 0 Å². The van der Waals surface area contributed by atoms with Crippen molar-refractivity contribution in [2.45, 2.75) is 39.5 Å². The number of aryl methyl sites for hydroxylation is 1. The second-order valence-corrected chi connectivity index (χ2v) is 3.68. The molecule has 0 unspecified atom stereocenters. The minimum absolute atomic E-state index is 0.167. The van der Waals surface area contributed by atoms with Crippen LogP contribution in [0.25, 0.3) is 0 Å². The summed E-state index contributed by atoms with van der Waals surface area (Å²) >= 11 is 0. The molecular weight excluding hydrogens is 174 g/mol. The molecule has 14 heavy (non-hydrogen) atoms. The van der Waals surface area contributed by atoms with Crippen molar-refractivity contribution in [2.24, 2.45) is 5.73 Å². The van der Waals surface area contributed by atoms with Crippen LogP contribution in [0.2, 0.25) is 0 Å². The van der Waals surface area contributed by atoms with Gasteiger partial charge in [0.25, 0.3) is 0 Å². The maximum absolute atomic E-state index is 7.43. The van der Waals surface area contributed by atoms with Crippen molar-refractivity contribution in [3.05, 3.63) is 23.0 Å². The number of aromatic amines is 1.